The Kier molecular flexibility index (Phi) is 7.14. The number of aryl methyl sites for hydroxylation is 1. The number of carbonyl (C=O) groups is 1. The second kappa shape index (κ2) is 9.33. The summed E-state index contributed by atoms with van der Waals surface area (Å²) in [6, 6.07) is 7.82. The van der Waals surface area contributed by atoms with Gasteiger partial charge in [-0.3, -0.25) is 4.79 Å². The molecule has 1 unspecified atom stereocenters. The molecule has 0 N–H and O–H groups in total. The van der Waals surface area contributed by atoms with Gasteiger partial charge in [-0.1, -0.05) is 36.9 Å². The van der Waals surface area contributed by atoms with Gasteiger partial charge < -0.3 is 14.5 Å². The second-order valence-corrected chi connectivity index (χ2v) is 6.51. The average Bonchev–Trinajstić information content (AvgIpc) is 2.66. The number of aliphatic imine (C=N–C) groups is 1. The third-order valence-corrected chi connectivity index (χ3v) is 4.91. The maximum Gasteiger partial charge on any atom is 0.263 e. The van der Waals surface area contributed by atoms with Gasteiger partial charge in [0.15, 0.2) is 11.3 Å². The molecule has 1 aromatic carbocycles. The van der Waals surface area contributed by atoms with Crippen LogP contribution in [0.15, 0.2) is 29.3 Å². The molecule has 0 bridgehead atoms. The lowest BCUT2D eigenvalue weighted by molar-refractivity contribution is -0.139. The van der Waals surface area contributed by atoms with Crippen LogP contribution in [0.4, 0.5) is 0 Å². The molecule has 0 aliphatic carbocycles. The summed E-state index contributed by atoms with van der Waals surface area (Å²) < 4.78 is 5.91. The fourth-order valence-corrected chi connectivity index (χ4v) is 3.39. The first-order valence-corrected chi connectivity index (χ1v) is 9.62. The van der Waals surface area contributed by atoms with Crippen LogP contribution >= 0.6 is 11.8 Å². The van der Waals surface area contributed by atoms with Crippen LogP contribution in [0, 0.1) is 11.5 Å². The van der Waals surface area contributed by atoms with Gasteiger partial charge in [0.05, 0.1) is 0 Å². The Morgan fingerprint density at radius 1 is 1.32 bits per heavy atom. The van der Waals surface area contributed by atoms with E-state index in [2.05, 4.69) is 11.9 Å². The number of amidine groups is 1. The van der Waals surface area contributed by atoms with E-state index in [1.165, 1.54) is 11.8 Å². The zero-order chi connectivity index (χ0) is 18.2. The number of para-hydroxylation sites is 1. The van der Waals surface area contributed by atoms with Crippen LogP contribution in [0.2, 0.25) is 0 Å². The predicted octanol–water partition coefficient (Wildman–Crippen LogP) is 2.36. The van der Waals surface area contributed by atoms with E-state index in [1.807, 2.05) is 46.5 Å². The van der Waals surface area contributed by atoms with Crippen LogP contribution in [0.25, 0.3) is 0 Å². The van der Waals surface area contributed by atoms with E-state index in [-0.39, 0.29) is 5.91 Å². The Morgan fingerprint density at radius 2 is 1.96 bits per heavy atom. The van der Waals surface area contributed by atoms with Gasteiger partial charge in [0, 0.05) is 26.2 Å². The summed E-state index contributed by atoms with van der Waals surface area (Å²) in [5.41, 5.74) is 1.10. The number of piperazine rings is 1. The van der Waals surface area contributed by atoms with Gasteiger partial charge in [-0.05, 0) is 31.2 Å². The lowest BCUT2D eigenvalue weighted by Crippen LogP contribution is -2.52. The van der Waals surface area contributed by atoms with E-state index in [0.717, 1.165) is 17.7 Å². The molecule has 25 heavy (non-hydrogen) atoms. The average molecular weight is 360 g/mol. The first kappa shape index (κ1) is 19.1. The number of benzene rings is 1. The van der Waals surface area contributed by atoms with Crippen molar-refractivity contribution in [2.75, 3.05) is 32.4 Å². The lowest BCUT2D eigenvalue weighted by atomic mass is 10.1. The normalized spacial score (nSPS) is 16.3. The van der Waals surface area contributed by atoms with Crippen LogP contribution in [0.1, 0.15) is 19.4 Å². The highest BCUT2D eigenvalue weighted by atomic mass is 32.2. The predicted molar refractivity (Wildman–Crippen MR) is 101 cm³/mol. The van der Waals surface area contributed by atoms with E-state index in [9.17, 15) is 4.79 Å². The summed E-state index contributed by atoms with van der Waals surface area (Å²) in [7, 11) is 0. The number of rotatable bonds is 4. The van der Waals surface area contributed by atoms with Crippen molar-refractivity contribution in [3.05, 3.63) is 29.8 Å². The molecule has 0 radical (unpaired) electrons. The maximum atomic E-state index is 12.7. The summed E-state index contributed by atoms with van der Waals surface area (Å²) in [4.78, 5) is 20.4. The van der Waals surface area contributed by atoms with E-state index in [4.69, 9.17) is 10.00 Å². The fourth-order valence-electron chi connectivity index (χ4n) is 2.82. The Morgan fingerprint density at radius 3 is 2.56 bits per heavy atom. The molecule has 0 aromatic heterocycles. The van der Waals surface area contributed by atoms with Gasteiger partial charge in [0.25, 0.3) is 5.91 Å². The van der Waals surface area contributed by atoms with E-state index in [0.29, 0.717) is 31.3 Å². The van der Waals surface area contributed by atoms with Gasteiger partial charge in [-0.25, -0.2) is 0 Å². The number of hydrogen-bond donors (Lipinski definition) is 0. The topological polar surface area (TPSA) is 68.9 Å². The first-order valence-electron chi connectivity index (χ1n) is 8.39. The molecule has 2 rings (SSSR count). The van der Waals surface area contributed by atoms with Crippen molar-refractivity contribution in [1.29, 1.82) is 5.26 Å². The monoisotopic (exact) mass is 360 g/mol. The molecule has 1 fully saturated rings. The molecule has 1 amide bonds. The minimum Gasteiger partial charge on any atom is -0.481 e. The number of hydrogen-bond acceptors (Lipinski definition) is 5. The Labute approximate surface area is 153 Å². The molecule has 1 aliphatic rings. The quantitative estimate of drug-likeness (QED) is 0.468. The SMILES string of the molecule is CCc1ccccc1OC(C)C(=O)N1CCN(C(=NC#N)SC)CC1. The first-order chi connectivity index (χ1) is 12.1. The minimum absolute atomic E-state index is 0.00604. The molecule has 1 aromatic rings. The fraction of sp³-hybridized carbons (Fsp3) is 0.500. The van der Waals surface area contributed by atoms with Crippen molar-refractivity contribution in [3.63, 3.8) is 0 Å². The third kappa shape index (κ3) is 4.89. The van der Waals surface area contributed by atoms with Crippen LogP contribution in [0.5, 0.6) is 5.75 Å². The number of carbonyl (C=O) groups excluding carboxylic acids is 1. The molecule has 0 spiro atoms. The van der Waals surface area contributed by atoms with Crippen molar-refractivity contribution in [3.8, 4) is 11.9 Å². The van der Waals surface area contributed by atoms with E-state index >= 15 is 0 Å². The van der Waals surface area contributed by atoms with Crippen molar-refractivity contribution >= 4 is 22.8 Å². The summed E-state index contributed by atoms with van der Waals surface area (Å²) in [5.74, 6) is 0.767. The molecule has 134 valence electrons. The van der Waals surface area contributed by atoms with Crippen LogP contribution in [0.3, 0.4) is 0 Å². The van der Waals surface area contributed by atoms with Crippen molar-refractivity contribution < 1.29 is 9.53 Å². The molecule has 1 aliphatic heterocycles. The molecule has 1 atom stereocenters. The Balaban J connectivity index is 1.93. The molecular formula is C18H24N4O2S. The van der Waals surface area contributed by atoms with Gasteiger partial charge in [0.1, 0.15) is 5.75 Å². The van der Waals surface area contributed by atoms with Crippen LogP contribution < -0.4 is 4.74 Å². The molecule has 1 heterocycles. The highest BCUT2D eigenvalue weighted by molar-refractivity contribution is 8.13. The minimum atomic E-state index is -0.521. The molecule has 0 saturated carbocycles. The van der Waals surface area contributed by atoms with Crippen molar-refractivity contribution in [1.82, 2.24) is 9.80 Å². The summed E-state index contributed by atoms with van der Waals surface area (Å²) in [6.45, 7) is 6.42. The highest BCUT2D eigenvalue weighted by Gasteiger charge is 2.27. The van der Waals surface area contributed by atoms with Gasteiger partial charge in [-0.15, -0.1) is 4.99 Å². The smallest absolute Gasteiger partial charge is 0.263 e. The number of nitriles is 1. The van der Waals surface area contributed by atoms with Gasteiger partial charge >= 0.3 is 0 Å². The zero-order valence-electron chi connectivity index (χ0n) is 14.9. The number of nitrogens with zero attached hydrogens (tertiary/aromatic N) is 4. The van der Waals surface area contributed by atoms with E-state index < -0.39 is 6.10 Å². The van der Waals surface area contributed by atoms with Crippen LogP contribution in [-0.2, 0) is 11.2 Å². The second-order valence-electron chi connectivity index (χ2n) is 5.73. The van der Waals surface area contributed by atoms with Crippen LogP contribution in [-0.4, -0.2) is 59.4 Å². The maximum absolute atomic E-state index is 12.7. The van der Waals surface area contributed by atoms with Crippen molar-refractivity contribution in [2.24, 2.45) is 4.99 Å². The summed E-state index contributed by atoms with van der Waals surface area (Å²) >= 11 is 1.45. The standard InChI is InChI=1S/C18H24N4O2S/c1-4-15-7-5-6-8-16(15)24-14(2)17(23)21-9-11-22(12-10-21)18(25-3)20-13-19/h5-8,14H,4,9-12H2,1-3H3. The molecule has 1 saturated heterocycles. The summed E-state index contributed by atoms with van der Waals surface area (Å²) in [6.07, 6.45) is 4.07. The third-order valence-electron chi connectivity index (χ3n) is 4.20. The van der Waals surface area contributed by atoms with E-state index in [1.54, 1.807) is 6.92 Å². The Hall–Kier alpha value is -2.20. The van der Waals surface area contributed by atoms with Gasteiger partial charge in [0.2, 0.25) is 6.19 Å². The molecular weight excluding hydrogens is 336 g/mol. The Bertz CT molecular complexity index is 663. The molecule has 6 nitrogen and oxygen atoms in total. The largest absolute Gasteiger partial charge is 0.481 e. The summed E-state index contributed by atoms with van der Waals surface area (Å²) in [5, 5.41) is 9.44. The van der Waals surface area contributed by atoms with Gasteiger partial charge in [-0.2, -0.15) is 5.26 Å². The lowest BCUT2D eigenvalue weighted by Gasteiger charge is -2.36. The molecule has 7 heteroatoms. The number of ether oxygens (including phenoxy) is 1. The highest BCUT2D eigenvalue weighted by Crippen LogP contribution is 2.20. The van der Waals surface area contributed by atoms with Crippen molar-refractivity contribution in [2.45, 2.75) is 26.4 Å². The number of amides is 1. The number of thioether (sulfide) groups is 1. The zero-order valence-corrected chi connectivity index (χ0v) is 15.8.